The summed E-state index contributed by atoms with van der Waals surface area (Å²) in [6.45, 7) is 0.469. The maximum Gasteiger partial charge on any atom is 0.252 e. The minimum atomic E-state index is -0.173. The highest BCUT2D eigenvalue weighted by molar-refractivity contribution is 5.93. The first-order chi connectivity index (χ1) is 12.7. The lowest BCUT2D eigenvalue weighted by molar-refractivity contribution is 0.0953. The van der Waals surface area contributed by atoms with E-state index in [4.69, 9.17) is 5.73 Å². The molecule has 0 aliphatic heterocycles. The SMILES string of the molecule is N#Cc1c(CCCNC(=O)c2cccnc2)nn(-c2ccccc2)c1N. The number of para-hydroxylation sites is 1. The first-order valence-corrected chi connectivity index (χ1v) is 8.22. The van der Waals surface area contributed by atoms with Crippen LogP contribution in [0.5, 0.6) is 0 Å². The zero-order chi connectivity index (χ0) is 18.4. The van der Waals surface area contributed by atoms with Crippen molar-refractivity contribution in [3.8, 4) is 11.8 Å². The van der Waals surface area contributed by atoms with Gasteiger partial charge in [0.15, 0.2) is 0 Å². The molecular formula is C19H18N6O. The first-order valence-electron chi connectivity index (χ1n) is 8.22. The number of hydrogen-bond acceptors (Lipinski definition) is 5. The van der Waals surface area contributed by atoms with Gasteiger partial charge >= 0.3 is 0 Å². The van der Waals surface area contributed by atoms with Crippen LogP contribution < -0.4 is 11.1 Å². The van der Waals surface area contributed by atoms with Crippen LogP contribution in [-0.4, -0.2) is 27.2 Å². The number of pyridine rings is 1. The number of rotatable bonds is 6. The van der Waals surface area contributed by atoms with Gasteiger partial charge < -0.3 is 11.1 Å². The summed E-state index contributed by atoms with van der Waals surface area (Å²) in [5.41, 5.74) is 8.41. The van der Waals surface area contributed by atoms with Crippen LogP contribution in [0.4, 0.5) is 5.82 Å². The van der Waals surface area contributed by atoms with E-state index in [1.54, 1.807) is 23.0 Å². The van der Waals surface area contributed by atoms with Gasteiger partial charge in [-0.15, -0.1) is 0 Å². The van der Waals surface area contributed by atoms with E-state index in [1.807, 2.05) is 30.3 Å². The van der Waals surface area contributed by atoms with E-state index in [2.05, 4.69) is 21.5 Å². The van der Waals surface area contributed by atoms with Crippen LogP contribution in [0.1, 0.15) is 28.0 Å². The largest absolute Gasteiger partial charge is 0.382 e. The molecule has 0 aliphatic rings. The van der Waals surface area contributed by atoms with Gasteiger partial charge in [0.1, 0.15) is 17.5 Å². The summed E-state index contributed by atoms with van der Waals surface area (Å²) >= 11 is 0. The summed E-state index contributed by atoms with van der Waals surface area (Å²) in [6, 6.07) is 15.0. The molecule has 0 fully saturated rings. The van der Waals surface area contributed by atoms with Crippen LogP contribution in [0.25, 0.3) is 5.69 Å². The van der Waals surface area contributed by atoms with E-state index < -0.39 is 0 Å². The Labute approximate surface area is 151 Å². The Morgan fingerprint density at radius 3 is 2.73 bits per heavy atom. The number of nitrogens with one attached hydrogen (secondary N) is 1. The molecule has 0 bridgehead atoms. The van der Waals surface area contributed by atoms with Crippen molar-refractivity contribution in [2.24, 2.45) is 0 Å². The molecule has 0 radical (unpaired) electrons. The molecule has 0 saturated carbocycles. The van der Waals surface area contributed by atoms with Gasteiger partial charge in [0.2, 0.25) is 0 Å². The number of hydrogen-bond donors (Lipinski definition) is 2. The number of carbonyl (C=O) groups is 1. The van der Waals surface area contributed by atoms with E-state index in [-0.39, 0.29) is 5.91 Å². The Hall–Kier alpha value is -3.66. The lowest BCUT2D eigenvalue weighted by Gasteiger charge is -2.04. The molecule has 130 valence electrons. The van der Waals surface area contributed by atoms with E-state index in [9.17, 15) is 10.1 Å². The Kier molecular flexibility index (Phi) is 5.25. The summed E-state index contributed by atoms with van der Waals surface area (Å²) in [6.07, 6.45) is 4.32. The molecule has 2 aromatic heterocycles. The monoisotopic (exact) mass is 346 g/mol. The topological polar surface area (TPSA) is 110 Å². The standard InChI is InChI=1S/C19H18N6O/c20-12-16-17(24-25(18(16)21)15-7-2-1-3-8-15)9-5-11-23-19(26)14-6-4-10-22-13-14/h1-4,6-8,10,13H,5,9,11,21H2,(H,23,26). The maximum absolute atomic E-state index is 12.0. The molecule has 3 N–H and O–H groups in total. The summed E-state index contributed by atoms with van der Waals surface area (Å²) in [5, 5.41) is 16.7. The third kappa shape index (κ3) is 3.70. The summed E-state index contributed by atoms with van der Waals surface area (Å²) in [7, 11) is 0. The molecule has 7 nitrogen and oxygen atoms in total. The average molecular weight is 346 g/mol. The third-order valence-corrected chi connectivity index (χ3v) is 3.91. The minimum Gasteiger partial charge on any atom is -0.382 e. The van der Waals surface area contributed by atoms with Crippen molar-refractivity contribution in [3.63, 3.8) is 0 Å². The fourth-order valence-corrected chi connectivity index (χ4v) is 2.60. The number of nitrogens with zero attached hydrogens (tertiary/aromatic N) is 4. The summed E-state index contributed by atoms with van der Waals surface area (Å²) in [5.74, 6) is 0.154. The average Bonchev–Trinajstić information content (AvgIpc) is 3.01. The zero-order valence-corrected chi connectivity index (χ0v) is 14.1. The number of carbonyl (C=O) groups excluding carboxylic acids is 1. The van der Waals surface area contributed by atoms with E-state index in [0.717, 1.165) is 5.69 Å². The highest BCUT2D eigenvalue weighted by atomic mass is 16.1. The van der Waals surface area contributed by atoms with E-state index in [0.29, 0.717) is 42.0 Å². The second-order valence-electron chi connectivity index (χ2n) is 5.67. The predicted octanol–water partition coefficient (Wildman–Crippen LogP) is 2.08. The van der Waals surface area contributed by atoms with Gasteiger partial charge in [0.25, 0.3) is 5.91 Å². The zero-order valence-electron chi connectivity index (χ0n) is 14.1. The summed E-state index contributed by atoms with van der Waals surface area (Å²) < 4.78 is 1.57. The predicted molar refractivity (Wildman–Crippen MR) is 97.6 cm³/mol. The number of benzene rings is 1. The molecule has 26 heavy (non-hydrogen) atoms. The fraction of sp³-hybridized carbons (Fsp3) is 0.158. The molecule has 3 aromatic rings. The lowest BCUT2D eigenvalue weighted by Crippen LogP contribution is -2.24. The molecule has 3 rings (SSSR count). The molecule has 0 atom stereocenters. The van der Waals surface area contributed by atoms with Gasteiger partial charge in [-0.1, -0.05) is 18.2 Å². The van der Waals surface area contributed by atoms with Gasteiger partial charge in [-0.25, -0.2) is 4.68 Å². The van der Waals surface area contributed by atoms with Crippen molar-refractivity contribution < 1.29 is 4.79 Å². The second-order valence-corrected chi connectivity index (χ2v) is 5.67. The van der Waals surface area contributed by atoms with Crippen LogP contribution >= 0.6 is 0 Å². The van der Waals surface area contributed by atoms with E-state index in [1.165, 1.54) is 6.20 Å². The minimum absolute atomic E-state index is 0.173. The number of nitriles is 1. The second kappa shape index (κ2) is 7.94. The highest BCUT2D eigenvalue weighted by Gasteiger charge is 2.16. The van der Waals surface area contributed by atoms with E-state index >= 15 is 0 Å². The van der Waals surface area contributed by atoms with Gasteiger partial charge in [-0.2, -0.15) is 10.4 Å². The lowest BCUT2D eigenvalue weighted by atomic mass is 10.1. The first kappa shape index (κ1) is 17.2. The fourth-order valence-electron chi connectivity index (χ4n) is 2.60. The number of aromatic nitrogens is 3. The normalized spacial score (nSPS) is 10.3. The molecule has 1 aromatic carbocycles. The third-order valence-electron chi connectivity index (χ3n) is 3.91. The molecule has 0 spiro atoms. The van der Waals surface area contributed by atoms with Gasteiger partial charge in [0.05, 0.1) is 16.9 Å². The Morgan fingerprint density at radius 2 is 2.04 bits per heavy atom. The van der Waals surface area contributed by atoms with Crippen molar-refractivity contribution in [1.29, 1.82) is 5.26 Å². The molecule has 7 heteroatoms. The van der Waals surface area contributed by atoms with Gasteiger partial charge in [-0.05, 0) is 37.1 Å². The van der Waals surface area contributed by atoms with Crippen molar-refractivity contribution in [3.05, 3.63) is 71.7 Å². The molecule has 0 aliphatic carbocycles. The smallest absolute Gasteiger partial charge is 0.252 e. The number of nitrogen functional groups attached to an aromatic ring is 1. The number of anilines is 1. The van der Waals surface area contributed by atoms with Crippen molar-refractivity contribution in [2.45, 2.75) is 12.8 Å². The molecular weight excluding hydrogens is 328 g/mol. The quantitative estimate of drug-likeness (QED) is 0.664. The van der Waals surface area contributed by atoms with Gasteiger partial charge in [-0.3, -0.25) is 9.78 Å². The molecule has 0 saturated heterocycles. The van der Waals surface area contributed by atoms with Crippen LogP contribution in [0, 0.1) is 11.3 Å². The molecule has 1 amide bonds. The Balaban J connectivity index is 1.63. The Morgan fingerprint density at radius 1 is 1.23 bits per heavy atom. The molecule has 0 unspecified atom stereocenters. The van der Waals surface area contributed by atoms with Crippen LogP contribution in [-0.2, 0) is 6.42 Å². The van der Waals surface area contributed by atoms with Crippen LogP contribution in [0.3, 0.4) is 0 Å². The van der Waals surface area contributed by atoms with Crippen LogP contribution in [0.2, 0.25) is 0 Å². The number of amides is 1. The highest BCUT2D eigenvalue weighted by Crippen LogP contribution is 2.21. The van der Waals surface area contributed by atoms with Crippen molar-refractivity contribution in [2.75, 3.05) is 12.3 Å². The maximum atomic E-state index is 12.0. The number of nitrogens with two attached hydrogens (primary N) is 1. The van der Waals surface area contributed by atoms with Gasteiger partial charge in [0, 0.05) is 18.9 Å². The molecule has 2 heterocycles. The number of aryl methyl sites for hydroxylation is 1. The Bertz CT molecular complexity index is 928. The van der Waals surface area contributed by atoms with Crippen molar-refractivity contribution >= 4 is 11.7 Å². The van der Waals surface area contributed by atoms with Crippen LogP contribution in [0.15, 0.2) is 54.9 Å². The summed E-state index contributed by atoms with van der Waals surface area (Å²) in [4.78, 5) is 15.9. The van der Waals surface area contributed by atoms with Crippen molar-refractivity contribution in [1.82, 2.24) is 20.1 Å².